The molecule has 1 aromatic heterocycles. The van der Waals surface area contributed by atoms with Crippen LogP contribution in [-0.2, 0) is 7.05 Å². The highest BCUT2D eigenvalue weighted by molar-refractivity contribution is 6.30. The zero-order valence-corrected chi connectivity index (χ0v) is 23.3. The van der Waals surface area contributed by atoms with E-state index in [1.807, 2.05) is 36.1 Å². The highest BCUT2D eigenvalue weighted by Crippen LogP contribution is 2.20. The molecule has 2 aromatic carbocycles. The second-order valence-corrected chi connectivity index (χ2v) is 8.79. The molecule has 0 atom stereocenters. The summed E-state index contributed by atoms with van der Waals surface area (Å²) in [6.45, 7) is 1.34. The molecule has 0 radical (unpaired) electrons. The van der Waals surface area contributed by atoms with Crippen molar-refractivity contribution in [1.29, 1.82) is 0 Å². The maximum atomic E-state index is 12.2. The van der Waals surface area contributed by atoms with Crippen molar-refractivity contribution in [1.82, 2.24) is 5.32 Å². The van der Waals surface area contributed by atoms with E-state index >= 15 is 0 Å². The Morgan fingerprint density at radius 3 is 2.25 bits per heavy atom. The summed E-state index contributed by atoms with van der Waals surface area (Å²) in [7, 11) is 1.90. The number of aromatic nitrogens is 1. The summed E-state index contributed by atoms with van der Waals surface area (Å²) >= 11 is 5.92. The van der Waals surface area contributed by atoms with E-state index in [0.717, 1.165) is 44.3 Å². The molecule has 1 N–H and O–H groups in total. The Kier molecular flexibility index (Phi) is 13.3. The molecule has 0 spiro atoms. The minimum atomic E-state index is -0.450. The molecule has 3 aromatic rings. The highest BCUT2D eigenvalue weighted by atomic mass is 127. The van der Waals surface area contributed by atoms with Crippen LogP contribution in [0.1, 0.15) is 59.2 Å². The SMILES string of the molecule is C[n+]1cccc(C(=O)NCCCCCCCCOc2ccc(OC(=O)c3cccc(Cl)c3)cc2)c1.[I-]. The van der Waals surface area contributed by atoms with Crippen molar-refractivity contribution < 1.29 is 47.6 Å². The third kappa shape index (κ3) is 10.5. The first-order valence-corrected chi connectivity index (χ1v) is 12.3. The summed E-state index contributed by atoms with van der Waals surface area (Å²) in [5, 5.41) is 3.47. The molecule has 0 aliphatic carbocycles. The van der Waals surface area contributed by atoms with Crippen LogP contribution in [0.15, 0.2) is 73.1 Å². The van der Waals surface area contributed by atoms with E-state index in [9.17, 15) is 9.59 Å². The zero-order chi connectivity index (χ0) is 24.9. The largest absolute Gasteiger partial charge is 1.00 e. The number of carbonyl (C=O) groups excluding carboxylic acids is 2. The van der Waals surface area contributed by atoms with Crippen molar-refractivity contribution in [3.8, 4) is 11.5 Å². The fraction of sp³-hybridized carbons (Fsp3) is 0.321. The van der Waals surface area contributed by atoms with Crippen LogP contribution >= 0.6 is 11.6 Å². The number of hydrogen-bond donors (Lipinski definition) is 1. The second kappa shape index (κ2) is 16.2. The Balaban J connectivity index is 0.00000456. The standard InChI is InChI=1S/C28H31ClN2O4.HI/c1-31-18-9-11-23(21-31)27(32)30-17-6-4-2-3-5-7-19-34-25-13-15-26(16-14-25)35-28(33)22-10-8-12-24(29)20-22;/h8-16,18,20-21H,2-7,17,19H2,1H3;1H. The van der Waals surface area contributed by atoms with Gasteiger partial charge in [-0.3, -0.25) is 4.79 Å². The normalized spacial score (nSPS) is 10.3. The van der Waals surface area contributed by atoms with Gasteiger partial charge in [-0.15, -0.1) is 0 Å². The number of hydrogen-bond acceptors (Lipinski definition) is 4. The fourth-order valence-corrected chi connectivity index (χ4v) is 3.73. The second-order valence-electron chi connectivity index (χ2n) is 8.36. The Hall–Kier alpha value is -2.65. The number of nitrogens with one attached hydrogen (secondary N) is 1. The molecule has 0 unspecified atom stereocenters. The minimum absolute atomic E-state index is 0. The molecule has 0 fully saturated rings. The Bertz CT molecular complexity index is 1110. The molecule has 6 nitrogen and oxygen atoms in total. The lowest BCUT2D eigenvalue weighted by molar-refractivity contribution is -0.671. The van der Waals surface area contributed by atoms with E-state index in [2.05, 4.69) is 5.32 Å². The van der Waals surface area contributed by atoms with Gasteiger partial charge in [-0.25, -0.2) is 9.36 Å². The van der Waals surface area contributed by atoms with Crippen LogP contribution in [0.4, 0.5) is 0 Å². The van der Waals surface area contributed by atoms with Crippen LogP contribution in [0.25, 0.3) is 0 Å². The van der Waals surface area contributed by atoms with Crippen molar-refractivity contribution in [2.45, 2.75) is 38.5 Å². The van der Waals surface area contributed by atoms with Crippen LogP contribution < -0.4 is 43.3 Å². The van der Waals surface area contributed by atoms with Crippen LogP contribution in [0.2, 0.25) is 5.02 Å². The minimum Gasteiger partial charge on any atom is -1.00 e. The molecule has 0 saturated heterocycles. The topological polar surface area (TPSA) is 68.5 Å². The van der Waals surface area contributed by atoms with Gasteiger partial charge in [-0.1, -0.05) is 43.4 Å². The van der Waals surface area contributed by atoms with Gasteiger partial charge in [0.15, 0.2) is 12.4 Å². The number of aryl methyl sites for hydroxylation is 1. The van der Waals surface area contributed by atoms with Crippen molar-refractivity contribution in [2.75, 3.05) is 13.2 Å². The monoisotopic (exact) mass is 622 g/mol. The first kappa shape index (κ1) is 29.6. The van der Waals surface area contributed by atoms with E-state index in [0.29, 0.717) is 35.1 Å². The highest BCUT2D eigenvalue weighted by Gasteiger charge is 2.09. The number of rotatable bonds is 13. The molecule has 1 amide bonds. The lowest BCUT2D eigenvalue weighted by Gasteiger charge is -2.08. The average Bonchev–Trinajstić information content (AvgIpc) is 2.86. The number of pyridine rings is 1. The number of amides is 1. The Morgan fingerprint density at radius 1 is 0.861 bits per heavy atom. The number of esters is 1. The van der Waals surface area contributed by atoms with Gasteiger partial charge in [0, 0.05) is 17.6 Å². The van der Waals surface area contributed by atoms with Crippen LogP contribution in [-0.4, -0.2) is 25.0 Å². The molecule has 0 saturated carbocycles. The molecular weight excluding hydrogens is 591 g/mol. The third-order valence-electron chi connectivity index (χ3n) is 5.42. The Labute approximate surface area is 235 Å². The number of ether oxygens (including phenoxy) is 2. The van der Waals surface area contributed by atoms with Gasteiger partial charge in [-0.2, -0.15) is 0 Å². The molecule has 3 rings (SSSR count). The number of carbonyl (C=O) groups is 2. The predicted octanol–water partition coefficient (Wildman–Crippen LogP) is 2.54. The molecule has 192 valence electrons. The van der Waals surface area contributed by atoms with Gasteiger partial charge in [0.1, 0.15) is 24.1 Å². The van der Waals surface area contributed by atoms with E-state index in [1.54, 1.807) is 48.5 Å². The molecule has 36 heavy (non-hydrogen) atoms. The van der Waals surface area contributed by atoms with Crippen LogP contribution in [0.3, 0.4) is 0 Å². The van der Waals surface area contributed by atoms with E-state index < -0.39 is 5.97 Å². The maximum Gasteiger partial charge on any atom is 0.343 e. The summed E-state index contributed by atoms with van der Waals surface area (Å²) in [4.78, 5) is 24.3. The van der Waals surface area contributed by atoms with Gasteiger partial charge in [0.05, 0.1) is 12.2 Å². The molecule has 8 heteroatoms. The van der Waals surface area contributed by atoms with E-state index in [-0.39, 0.29) is 29.9 Å². The van der Waals surface area contributed by atoms with Gasteiger partial charge in [0.25, 0.3) is 5.91 Å². The van der Waals surface area contributed by atoms with Gasteiger partial charge in [-0.05, 0) is 61.4 Å². The summed E-state index contributed by atoms with van der Waals surface area (Å²) in [6.07, 6.45) is 10.2. The molecule has 0 aliphatic rings. The predicted molar refractivity (Wildman–Crippen MR) is 136 cm³/mol. The number of halogens is 2. The molecular formula is C28H32ClIN2O4. The van der Waals surface area contributed by atoms with E-state index in [1.165, 1.54) is 0 Å². The van der Waals surface area contributed by atoms with Crippen LogP contribution in [0, 0.1) is 0 Å². The quantitative estimate of drug-likeness (QED) is 0.105. The van der Waals surface area contributed by atoms with Gasteiger partial charge < -0.3 is 38.8 Å². The summed E-state index contributed by atoms with van der Waals surface area (Å²) in [6, 6.07) is 17.4. The number of benzene rings is 2. The molecule has 1 heterocycles. The first-order chi connectivity index (χ1) is 17.0. The van der Waals surface area contributed by atoms with Gasteiger partial charge in [0.2, 0.25) is 0 Å². The lowest BCUT2D eigenvalue weighted by Crippen LogP contribution is -3.00. The van der Waals surface area contributed by atoms with E-state index in [4.69, 9.17) is 21.1 Å². The van der Waals surface area contributed by atoms with Crippen molar-refractivity contribution in [2.24, 2.45) is 7.05 Å². The summed E-state index contributed by atoms with van der Waals surface area (Å²) in [5.74, 6) is 0.728. The third-order valence-corrected chi connectivity index (χ3v) is 5.66. The number of unbranched alkanes of at least 4 members (excludes halogenated alkanes) is 5. The van der Waals surface area contributed by atoms with Gasteiger partial charge >= 0.3 is 5.97 Å². The van der Waals surface area contributed by atoms with Crippen molar-refractivity contribution in [3.05, 3.63) is 89.2 Å². The smallest absolute Gasteiger partial charge is 0.343 e. The molecule has 0 bridgehead atoms. The fourth-order valence-electron chi connectivity index (χ4n) is 3.54. The average molecular weight is 623 g/mol. The Morgan fingerprint density at radius 2 is 1.53 bits per heavy atom. The number of nitrogens with zero attached hydrogens (tertiary/aromatic N) is 1. The first-order valence-electron chi connectivity index (χ1n) is 12.0. The summed E-state index contributed by atoms with van der Waals surface area (Å²) < 4.78 is 13.0. The van der Waals surface area contributed by atoms with Crippen LogP contribution in [0.5, 0.6) is 11.5 Å². The zero-order valence-electron chi connectivity index (χ0n) is 20.4. The summed E-state index contributed by atoms with van der Waals surface area (Å²) in [5.41, 5.74) is 1.09. The van der Waals surface area contributed by atoms with Crippen molar-refractivity contribution in [3.63, 3.8) is 0 Å². The maximum absolute atomic E-state index is 12.2. The van der Waals surface area contributed by atoms with Crippen molar-refractivity contribution >= 4 is 23.5 Å². The molecule has 0 aliphatic heterocycles. The lowest BCUT2D eigenvalue weighted by atomic mass is 10.1.